The summed E-state index contributed by atoms with van der Waals surface area (Å²) in [5, 5.41) is 4.11. The summed E-state index contributed by atoms with van der Waals surface area (Å²) in [4.78, 5) is 43.2. The zero-order valence-electron chi connectivity index (χ0n) is 16.4. The lowest BCUT2D eigenvalue weighted by Gasteiger charge is -2.40. The SMILES string of the molecule is C[C@@H]1CN(c2ccc(Cl)cc2)CCN1C(=O)C(=O)Nc1ccc2[nH]c(=O)ccc2c1. The number of rotatable bonds is 2. The van der Waals surface area contributed by atoms with Crippen molar-refractivity contribution >= 4 is 45.7 Å². The van der Waals surface area contributed by atoms with Crippen molar-refractivity contribution in [2.75, 3.05) is 29.9 Å². The average molecular weight is 425 g/mol. The first-order valence-electron chi connectivity index (χ1n) is 9.66. The summed E-state index contributed by atoms with van der Waals surface area (Å²) in [5.41, 5.74) is 2.01. The van der Waals surface area contributed by atoms with Crippen LogP contribution in [-0.4, -0.2) is 47.4 Å². The van der Waals surface area contributed by atoms with Gasteiger partial charge in [0.15, 0.2) is 0 Å². The first-order chi connectivity index (χ1) is 14.4. The van der Waals surface area contributed by atoms with E-state index in [0.29, 0.717) is 35.9 Å². The molecule has 2 aromatic carbocycles. The van der Waals surface area contributed by atoms with Gasteiger partial charge < -0.3 is 20.1 Å². The monoisotopic (exact) mass is 424 g/mol. The number of carbonyl (C=O) groups is 2. The maximum absolute atomic E-state index is 12.7. The molecule has 154 valence electrons. The van der Waals surface area contributed by atoms with Crippen molar-refractivity contribution < 1.29 is 9.59 Å². The molecule has 8 heteroatoms. The summed E-state index contributed by atoms with van der Waals surface area (Å²) in [7, 11) is 0. The van der Waals surface area contributed by atoms with Crippen molar-refractivity contribution in [3.05, 3.63) is 70.0 Å². The number of piperazine rings is 1. The van der Waals surface area contributed by atoms with Gasteiger partial charge in [0.2, 0.25) is 5.56 Å². The largest absolute Gasteiger partial charge is 0.368 e. The Morgan fingerprint density at radius 2 is 1.83 bits per heavy atom. The maximum Gasteiger partial charge on any atom is 0.313 e. The molecule has 4 rings (SSSR count). The zero-order chi connectivity index (χ0) is 21.3. The number of hydrogen-bond donors (Lipinski definition) is 2. The number of anilines is 2. The number of pyridine rings is 1. The van der Waals surface area contributed by atoms with E-state index in [2.05, 4.69) is 15.2 Å². The average Bonchev–Trinajstić information content (AvgIpc) is 2.74. The van der Waals surface area contributed by atoms with Crippen LogP contribution in [0.15, 0.2) is 59.4 Å². The minimum atomic E-state index is -0.675. The Hall–Kier alpha value is -3.32. The Labute approximate surface area is 178 Å². The Bertz CT molecular complexity index is 1160. The topological polar surface area (TPSA) is 85.5 Å². The van der Waals surface area contributed by atoms with Crippen molar-refractivity contribution in [3.8, 4) is 0 Å². The van der Waals surface area contributed by atoms with Crippen LogP contribution in [0.3, 0.4) is 0 Å². The highest BCUT2D eigenvalue weighted by molar-refractivity contribution is 6.39. The number of carbonyl (C=O) groups excluding carboxylic acids is 2. The van der Waals surface area contributed by atoms with Crippen LogP contribution in [0.5, 0.6) is 0 Å². The molecule has 0 aliphatic carbocycles. The van der Waals surface area contributed by atoms with Gasteiger partial charge >= 0.3 is 11.8 Å². The molecule has 1 aromatic heterocycles. The highest BCUT2D eigenvalue weighted by atomic mass is 35.5. The van der Waals surface area contributed by atoms with Gasteiger partial charge in [-0.05, 0) is 55.5 Å². The van der Waals surface area contributed by atoms with E-state index in [-0.39, 0.29) is 11.6 Å². The molecule has 0 unspecified atom stereocenters. The number of fused-ring (bicyclic) bond motifs is 1. The summed E-state index contributed by atoms with van der Waals surface area (Å²) < 4.78 is 0. The molecule has 2 heterocycles. The van der Waals surface area contributed by atoms with Crippen molar-refractivity contribution in [2.45, 2.75) is 13.0 Å². The van der Waals surface area contributed by atoms with Crippen molar-refractivity contribution in [1.82, 2.24) is 9.88 Å². The standard InChI is InChI=1S/C22H21ClN4O3/c1-14-13-26(18-6-3-16(23)4-7-18)10-11-27(14)22(30)21(29)24-17-5-8-19-15(12-17)2-9-20(28)25-19/h2-9,12,14H,10-11,13H2,1H3,(H,24,29)(H,25,28)/t14-/m1/s1. The van der Waals surface area contributed by atoms with Gasteiger partial charge in [-0.15, -0.1) is 0 Å². The molecule has 2 amide bonds. The number of halogens is 1. The number of aromatic amines is 1. The summed E-state index contributed by atoms with van der Waals surface area (Å²) in [6.45, 7) is 3.65. The number of hydrogen-bond acceptors (Lipinski definition) is 4. The van der Waals surface area contributed by atoms with E-state index in [1.165, 1.54) is 6.07 Å². The molecule has 1 aliphatic heterocycles. The number of nitrogens with one attached hydrogen (secondary N) is 2. The molecule has 0 radical (unpaired) electrons. The number of nitrogens with zero attached hydrogens (tertiary/aromatic N) is 2. The fourth-order valence-corrected chi connectivity index (χ4v) is 3.82. The molecule has 1 aliphatic rings. The summed E-state index contributed by atoms with van der Waals surface area (Å²) in [6, 6.07) is 15.6. The lowest BCUT2D eigenvalue weighted by atomic mass is 10.1. The van der Waals surface area contributed by atoms with Crippen molar-refractivity contribution in [2.24, 2.45) is 0 Å². The Morgan fingerprint density at radius 3 is 2.57 bits per heavy atom. The van der Waals surface area contributed by atoms with E-state index < -0.39 is 11.8 Å². The molecule has 0 saturated carbocycles. The summed E-state index contributed by atoms with van der Waals surface area (Å²) in [6.07, 6.45) is 0. The fourth-order valence-electron chi connectivity index (χ4n) is 3.69. The normalized spacial score (nSPS) is 16.5. The Balaban J connectivity index is 1.41. The third-order valence-electron chi connectivity index (χ3n) is 5.26. The van der Waals surface area contributed by atoms with Crippen LogP contribution in [0.4, 0.5) is 11.4 Å². The first kappa shape index (κ1) is 20.0. The number of aromatic nitrogens is 1. The van der Waals surface area contributed by atoms with Crippen molar-refractivity contribution in [1.29, 1.82) is 0 Å². The number of H-pyrrole nitrogens is 1. The van der Waals surface area contributed by atoms with Gasteiger partial charge in [0, 0.05) is 59.0 Å². The van der Waals surface area contributed by atoms with Gasteiger partial charge in [-0.3, -0.25) is 14.4 Å². The van der Waals surface area contributed by atoms with E-state index in [9.17, 15) is 14.4 Å². The van der Waals surface area contributed by atoms with E-state index in [0.717, 1.165) is 11.1 Å². The molecular formula is C22H21ClN4O3. The van der Waals surface area contributed by atoms with Crippen LogP contribution in [0.1, 0.15) is 6.92 Å². The minimum Gasteiger partial charge on any atom is -0.368 e. The Kier molecular flexibility index (Phi) is 5.46. The summed E-state index contributed by atoms with van der Waals surface area (Å²) in [5.74, 6) is -1.23. The molecule has 0 spiro atoms. The van der Waals surface area contributed by atoms with Gasteiger partial charge in [-0.1, -0.05) is 11.6 Å². The third kappa shape index (κ3) is 4.16. The lowest BCUT2D eigenvalue weighted by Crippen LogP contribution is -2.56. The lowest BCUT2D eigenvalue weighted by molar-refractivity contribution is -0.144. The molecule has 1 saturated heterocycles. The number of amides is 2. The number of benzene rings is 2. The van der Waals surface area contributed by atoms with Gasteiger partial charge in [0.1, 0.15) is 0 Å². The van der Waals surface area contributed by atoms with Crippen LogP contribution in [0.25, 0.3) is 10.9 Å². The smallest absolute Gasteiger partial charge is 0.313 e. The predicted octanol–water partition coefficient (Wildman–Crippen LogP) is 2.86. The molecule has 3 aromatic rings. The highest BCUT2D eigenvalue weighted by Gasteiger charge is 2.31. The van der Waals surface area contributed by atoms with Crippen LogP contribution in [0, 0.1) is 0 Å². The molecule has 30 heavy (non-hydrogen) atoms. The Morgan fingerprint density at radius 1 is 1.07 bits per heavy atom. The van der Waals surface area contributed by atoms with Crippen LogP contribution in [-0.2, 0) is 9.59 Å². The molecule has 7 nitrogen and oxygen atoms in total. The van der Waals surface area contributed by atoms with Gasteiger partial charge in [-0.2, -0.15) is 0 Å². The van der Waals surface area contributed by atoms with E-state index in [1.807, 2.05) is 31.2 Å². The van der Waals surface area contributed by atoms with Crippen molar-refractivity contribution in [3.63, 3.8) is 0 Å². The first-order valence-corrected chi connectivity index (χ1v) is 10.0. The minimum absolute atomic E-state index is 0.116. The molecule has 1 atom stereocenters. The second kappa shape index (κ2) is 8.20. The molecule has 0 bridgehead atoms. The van der Waals surface area contributed by atoms with E-state index >= 15 is 0 Å². The molecular weight excluding hydrogens is 404 g/mol. The fraction of sp³-hybridized carbons (Fsp3) is 0.227. The van der Waals surface area contributed by atoms with Gasteiger partial charge in [0.05, 0.1) is 0 Å². The maximum atomic E-state index is 12.7. The highest BCUT2D eigenvalue weighted by Crippen LogP contribution is 2.22. The second-order valence-electron chi connectivity index (χ2n) is 7.35. The van der Waals surface area contributed by atoms with Crippen LogP contribution >= 0.6 is 11.6 Å². The second-order valence-corrected chi connectivity index (χ2v) is 7.79. The zero-order valence-corrected chi connectivity index (χ0v) is 17.1. The molecule has 2 N–H and O–H groups in total. The van der Waals surface area contributed by atoms with Crippen LogP contribution < -0.4 is 15.8 Å². The quantitative estimate of drug-likeness (QED) is 0.619. The molecule has 1 fully saturated rings. The van der Waals surface area contributed by atoms with Crippen LogP contribution in [0.2, 0.25) is 5.02 Å². The van der Waals surface area contributed by atoms with Gasteiger partial charge in [-0.25, -0.2) is 0 Å². The van der Waals surface area contributed by atoms with E-state index in [1.54, 1.807) is 29.2 Å². The predicted molar refractivity (Wildman–Crippen MR) is 118 cm³/mol. The van der Waals surface area contributed by atoms with E-state index in [4.69, 9.17) is 11.6 Å². The summed E-state index contributed by atoms with van der Waals surface area (Å²) >= 11 is 5.95. The third-order valence-corrected chi connectivity index (χ3v) is 5.51. The van der Waals surface area contributed by atoms with Gasteiger partial charge in [0.25, 0.3) is 0 Å².